The molecule has 0 saturated heterocycles. The van der Waals surface area contributed by atoms with Crippen molar-refractivity contribution >= 4 is 55.1 Å². The maximum atomic E-state index is 6.60. The summed E-state index contributed by atoms with van der Waals surface area (Å²) in [5, 5.41) is 0.149. The van der Waals surface area contributed by atoms with Crippen molar-refractivity contribution in [2.45, 2.75) is 5.38 Å². The molecule has 0 saturated carbocycles. The summed E-state index contributed by atoms with van der Waals surface area (Å²) in [6, 6.07) is 9.28. The van der Waals surface area contributed by atoms with Gasteiger partial charge in [-0.1, -0.05) is 33.6 Å². The van der Waals surface area contributed by atoms with Crippen LogP contribution in [0.25, 0.3) is 0 Å². The molecule has 6 heteroatoms. The van der Waals surface area contributed by atoms with Crippen molar-refractivity contribution in [1.82, 2.24) is 0 Å². The Morgan fingerprint density at radius 1 is 0.952 bits per heavy atom. The van der Waals surface area contributed by atoms with Gasteiger partial charge in [0.05, 0.1) is 24.1 Å². The summed E-state index contributed by atoms with van der Waals surface area (Å²) in [4.78, 5) is 0. The summed E-state index contributed by atoms with van der Waals surface area (Å²) in [5.74, 6) is 1.35. The molecule has 1 atom stereocenters. The van der Waals surface area contributed by atoms with Crippen LogP contribution in [-0.2, 0) is 0 Å². The molecular weight excluding hydrogens is 443 g/mol. The molecule has 2 nitrogen and oxygen atoms in total. The third-order valence-corrected chi connectivity index (χ3v) is 4.92. The summed E-state index contributed by atoms with van der Waals surface area (Å²) in [7, 11) is 3.21. The van der Waals surface area contributed by atoms with Crippen molar-refractivity contribution < 1.29 is 9.47 Å². The lowest BCUT2D eigenvalue weighted by Gasteiger charge is -2.17. The van der Waals surface area contributed by atoms with Crippen LogP contribution in [0.5, 0.6) is 11.5 Å². The summed E-state index contributed by atoms with van der Waals surface area (Å²) in [6.07, 6.45) is 0. The van der Waals surface area contributed by atoms with E-state index in [1.165, 1.54) is 0 Å². The zero-order valence-electron chi connectivity index (χ0n) is 11.3. The third-order valence-electron chi connectivity index (χ3n) is 3.01. The van der Waals surface area contributed by atoms with Gasteiger partial charge in [-0.3, -0.25) is 0 Å². The van der Waals surface area contributed by atoms with Crippen LogP contribution in [0.4, 0.5) is 0 Å². The molecule has 0 amide bonds. The van der Waals surface area contributed by atoms with Gasteiger partial charge in [0.25, 0.3) is 0 Å². The maximum absolute atomic E-state index is 6.60. The normalized spacial score (nSPS) is 12.1. The van der Waals surface area contributed by atoms with Gasteiger partial charge in [0.15, 0.2) is 0 Å². The number of hydrogen-bond acceptors (Lipinski definition) is 2. The van der Waals surface area contributed by atoms with Crippen molar-refractivity contribution in [3.8, 4) is 11.5 Å². The molecule has 2 aromatic rings. The highest BCUT2D eigenvalue weighted by Gasteiger charge is 2.20. The number of benzene rings is 2. The number of rotatable bonds is 4. The predicted octanol–water partition coefficient (Wildman–Crippen LogP) is 6.21. The molecule has 0 heterocycles. The Kier molecular flexibility index (Phi) is 5.83. The smallest absolute Gasteiger partial charge is 0.133 e. The third kappa shape index (κ3) is 3.67. The average molecular weight is 455 g/mol. The lowest BCUT2D eigenvalue weighted by atomic mass is 10.0. The van der Waals surface area contributed by atoms with Gasteiger partial charge in [-0.2, -0.15) is 0 Å². The van der Waals surface area contributed by atoms with Gasteiger partial charge >= 0.3 is 0 Å². The van der Waals surface area contributed by atoms with Gasteiger partial charge in [-0.15, -0.1) is 11.6 Å². The Morgan fingerprint density at radius 3 is 2.19 bits per heavy atom. The van der Waals surface area contributed by atoms with E-state index in [0.717, 1.165) is 20.1 Å². The van der Waals surface area contributed by atoms with E-state index in [1.54, 1.807) is 14.2 Å². The molecule has 0 radical (unpaired) electrons. The molecule has 0 fully saturated rings. The topological polar surface area (TPSA) is 18.5 Å². The predicted molar refractivity (Wildman–Crippen MR) is 94.1 cm³/mol. The van der Waals surface area contributed by atoms with Crippen LogP contribution >= 0.6 is 55.1 Å². The number of halogens is 4. The maximum Gasteiger partial charge on any atom is 0.133 e. The second-order valence-electron chi connectivity index (χ2n) is 4.26. The van der Waals surface area contributed by atoms with Crippen molar-refractivity contribution in [3.63, 3.8) is 0 Å². The van der Waals surface area contributed by atoms with E-state index < -0.39 is 5.38 Å². The number of methoxy groups -OCH3 is 2. The van der Waals surface area contributed by atoms with Crippen LogP contribution in [0.3, 0.4) is 0 Å². The molecule has 112 valence electrons. The Balaban J connectivity index is 2.53. The summed E-state index contributed by atoms with van der Waals surface area (Å²) < 4.78 is 12.4. The second-order valence-corrected chi connectivity index (χ2v) is 6.87. The fourth-order valence-corrected chi connectivity index (χ4v) is 3.64. The first kappa shape index (κ1) is 16.9. The fourth-order valence-electron chi connectivity index (χ4n) is 1.96. The lowest BCUT2D eigenvalue weighted by molar-refractivity contribution is 0.397. The van der Waals surface area contributed by atoms with Crippen molar-refractivity contribution in [3.05, 3.63) is 55.4 Å². The molecular formula is C15H12Br2Cl2O2. The van der Waals surface area contributed by atoms with E-state index >= 15 is 0 Å². The fraction of sp³-hybridized carbons (Fsp3) is 0.200. The van der Waals surface area contributed by atoms with E-state index in [1.807, 2.05) is 30.3 Å². The lowest BCUT2D eigenvalue weighted by Crippen LogP contribution is -2.00. The van der Waals surface area contributed by atoms with E-state index in [4.69, 9.17) is 32.7 Å². The van der Waals surface area contributed by atoms with E-state index in [9.17, 15) is 0 Å². The first-order chi connectivity index (χ1) is 9.97. The minimum atomic E-state index is -0.442. The molecule has 0 aliphatic heterocycles. The van der Waals surface area contributed by atoms with Crippen LogP contribution in [-0.4, -0.2) is 14.2 Å². The van der Waals surface area contributed by atoms with Crippen LogP contribution in [0.15, 0.2) is 39.3 Å². The Hall–Kier alpha value is -0.420. The second kappa shape index (κ2) is 7.23. The Bertz CT molecular complexity index is 662. The molecule has 0 aliphatic carbocycles. The Labute approximate surface area is 150 Å². The minimum Gasteiger partial charge on any atom is -0.496 e. The number of ether oxygens (including phenoxy) is 2. The van der Waals surface area contributed by atoms with Crippen LogP contribution in [0.2, 0.25) is 5.02 Å². The van der Waals surface area contributed by atoms with E-state index in [-0.39, 0.29) is 0 Å². The molecule has 2 rings (SSSR count). The molecule has 0 aliphatic rings. The Morgan fingerprint density at radius 2 is 1.62 bits per heavy atom. The largest absolute Gasteiger partial charge is 0.496 e. The first-order valence-corrected chi connectivity index (χ1v) is 8.38. The molecule has 1 unspecified atom stereocenters. The number of hydrogen-bond donors (Lipinski definition) is 0. The van der Waals surface area contributed by atoms with E-state index in [0.29, 0.717) is 16.5 Å². The quantitative estimate of drug-likeness (QED) is 0.511. The first-order valence-electron chi connectivity index (χ1n) is 5.98. The summed E-state index contributed by atoms with van der Waals surface area (Å²) in [6.45, 7) is 0. The minimum absolute atomic E-state index is 0.442. The molecule has 0 bridgehead atoms. The standard InChI is InChI=1S/C15H12Br2Cl2O2/c1-20-13-7-11(17)14(21-2)6-10(13)15(19)9-4-3-8(16)5-12(9)18/h3-7,15H,1-2H3. The molecule has 0 N–H and O–H groups in total. The van der Waals surface area contributed by atoms with Gasteiger partial charge in [0.2, 0.25) is 0 Å². The van der Waals surface area contributed by atoms with Gasteiger partial charge < -0.3 is 9.47 Å². The number of alkyl halides is 1. The molecule has 0 spiro atoms. The molecule has 0 aromatic heterocycles. The van der Waals surface area contributed by atoms with Gasteiger partial charge in [-0.25, -0.2) is 0 Å². The summed E-state index contributed by atoms with van der Waals surface area (Å²) in [5.41, 5.74) is 1.60. The van der Waals surface area contributed by atoms with Gasteiger partial charge in [0, 0.05) is 15.1 Å². The SMILES string of the molecule is COc1cc(C(Cl)c2ccc(Br)cc2Cl)c(OC)cc1Br. The highest BCUT2D eigenvalue weighted by atomic mass is 79.9. The van der Waals surface area contributed by atoms with Gasteiger partial charge in [0.1, 0.15) is 11.5 Å². The van der Waals surface area contributed by atoms with E-state index in [2.05, 4.69) is 31.9 Å². The highest BCUT2D eigenvalue weighted by Crippen LogP contribution is 2.42. The summed E-state index contributed by atoms with van der Waals surface area (Å²) >= 11 is 19.7. The van der Waals surface area contributed by atoms with Crippen molar-refractivity contribution in [2.75, 3.05) is 14.2 Å². The average Bonchev–Trinajstić information content (AvgIpc) is 2.46. The van der Waals surface area contributed by atoms with Crippen LogP contribution < -0.4 is 9.47 Å². The molecule has 2 aromatic carbocycles. The molecule has 21 heavy (non-hydrogen) atoms. The van der Waals surface area contributed by atoms with Crippen LogP contribution in [0.1, 0.15) is 16.5 Å². The highest BCUT2D eigenvalue weighted by molar-refractivity contribution is 9.10. The van der Waals surface area contributed by atoms with Crippen LogP contribution in [0, 0.1) is 0 Å². The van der Waals surface area contributed by atoms with Crippen molar-refractivity contribution in [2.24, 2.45) is 0 Å². The monoisotopic (exact) mass is 452 g/mol. The zero-order valence-corrected chi connectivity index (χ0v) is 16.0. The zero-order chi connectivity index (χ0) is 15.6. The van der Waals surface area contributed by atoms with Crippen molar-refractivity contribution in [1.29, 1.82) is 0 Å². The van der Waals surface area contributed by atoms with Gasteiger partial charge in [-0.05, 0) is 45.8 Å².